The number of carbonyl (C=O) groups excluding carboxylic acids is 2. The maximum absolute atomic E-state index is 11.6. The summed E-state index contributed by atoms with van der Waals surface area (Å²) in [5.74, 6) is -1.01. The van der Waals surface area contributed by atoms with Gasteiger partial charge in [-0.15, -0.1) is 6.58 Å². The van der Waals surface area contributed by atoms with Crippen LogP contribution in [0, 0.1) is 5.92 Å². The zero-order valence-corrected chi connectivity index (χ0v) is 16.3. The molecular weight excluding hydrogens is 314 g/mol. The summed E-state index contributed by atoms with van der Waals surface area (Å²) in [7, 11) is 0. The second-order valence-electron chi connectivity index (χ2n) is 6.97. The van der Waals surface area contributed by atoms with E-state index in [9.17, 15) is 9.59 Å². The van der Waals surface area contributed by atoms with E-state index in [2.05, 4.69) is 18.2 Å². The van der Waals surface area contributed by atoms with Gasteiger partial charge in [0.15, 0.2) is 0 Å². The fraction of sp³-hybridized carbons (Fsp3) is 0.810. The molecule has 0 rings (SSSR count). The summed E-state index contributed by atoms with van der Waals surface area (Å²) in [4.78, 5) is 22.1. The first-order valence-electron chi connectivity index (χ1n) is 10.3. The molecule has 25 heavy (non-hydrogen) atoms. The van der Waals surface area contributed by atoms with Gasteiger partial charge in [-0.1, -0.05) is 103 Å². The average molecular weight is 354 g/mol. The number of unbranched alkanes of at least 4 members (excludes halogenated alkanes) is 13. The summed E-state index contributed by atoms with van der Waals surface area (Å²) in [5.41, 5.74) is 4.85. The molecule has 0 aromatic carbocycles. The van der Waals surface area contributed by atoms with Crippen LogP contribution in [0.15, 0.2) is 12.7 Å². The predicted molar refractivity (Wildman–Crippen MR) is 104 cm³/mol. The molecule has 0 saturated carbocycles. The molecule has 0 heterocycles. The molecule has 0 spiro atoms. The number of ether oxygens (including phenoxy) is 1. The molecule has 4 nitrogen and oxygen atoms in total. The lowest BCUT2D eigenvalue weighted by Gasteiger charge is -2.09. The van der Waals surface area contributed by atoms with Gasteiger partial charge in [0.05, 0.1) is 5.92 Å². The number of hydrogen-bond acceptors (Lipinski definition) is 3. The van der Waals surface area contributed by atoms with Gasteiger partial charge in [-0.3, -0.25) is 4.79 Å². The Bertz CT molecular complexity index is 355. The molecule has 2 N–H and O–H groups in total. The fourth-order valence-electron chi connectivity index (χ4n) is 3.07. The molecule has 1 atom stereocenters. The minimum absolute atomic E-state index is 0.426. The van der Waals surface area contributed by atoms with Crippen LogP contribution in [0.3, 0.4) is 0 Å². The van der Waals surface area contributed by atoms with Crippen molar-refractivity contribution in [2.45, 2.75) is 103 Å². The highest BCUT2D eigenvalue weighted by Crippen LogP contribution is 2.16. The number of carbonyl (C=O) groups is 2. The highest BCUT2D eigenvalue weighted by Gasteiger charge is 2.17. The van der Waals surface area contributed by atoms with Gasteiger partial charge in [0.25, 0.3) is 0 Å². The molecule has 0 aromatic rings. The quantitative estimate of drug-likeness (QED) is 0.145. The van der Waals surface area contributed by atoms with Gasteiger partial charge in [-0.2, -0.15) is 0 Å². The normalized spacial score (nSPS) is 11.9. The Hall–Kier alpha value is -1.32. The summed E-state index contributed by atoms with van der Waals surface area (Å²) in [6.45, 7) is 5.88. The van der Waals surface area contributed by atoms with Gasteiger partial charge >= 0.3 is 12.1 Å². The zero-order chi connectivity index (χ0) is 18.8. The summed E-state index contributed by atoms with van der Waals surface area (Å²) in [6, 6.07) is 0. The molecule has 1 amide bonds. The first-order chi connectivity index (χ1) is 12.1. The Balaban J connectivity index is 3.36. The van der Waals surface area contributed by atoms with Crippen molar-refractivity contribution >= 4 is 12.1 Å². The van der Waals surface area contributed by atoms with E-state index in [1.54, 1.807) is 0 Å². The Labute approximate surface area is 154 Å². The summed E-state index contributed by atoms with van der Waals surface area (Å²) < 4.78 is 4.40. The van der Waals surface area contributed by atoms with Crippen molar-refractivity contribution in [2.75, 3.05) is 0 Å². The number of nitrogens with two attached hydrogens (primary N) is 1. The van der Waals surface area contributed by atoms with E-state index in [-0.39, 0.29) is 0 Å². The summed E-state index contributed by atoms with van der Waals surface area (Å²) in [6.07, 6.45) is 19.4. The Morgan fingerprint density at radius 2 is 1.24 bits per heavy atom. The first kappa shape index (κ1) is 23.7. The highest BCUT2D eigenvalue weighted by molar-refractivity contribution is 5.85. The van der Waals surface area contributed by atoms with Gasteiger partial charge < -0.3 is 10.5 Å². The van der Waals surface area contributed by atoms with E-state index in [1.165, 1.54) is 83.1 Å². The molecular formula is C21H39NO3. The van der Waals surface area contributed by atoms with E-state index in [4.69, 9.17) is 5.73 Å². The van der Waals surface area contributed by atoms with Crippen LogP contribution in [0.5, 0.6) is 0 Å². The van der Waals surface area contributed by atoms with Crippen molar-refractivity contribution in [3.63, 3.8) is 0 Å². The molecule has 0 fully saturated rings. The molecule has 0 aliphatic rings. The molecule has 0 saturated heterocycles. The van der Waals surface area contributed by atoms with Gasteiger partial charge in [0.1, 0.15) is 0 Å². The highest BCUT2D eigenvalue weighted by atomic mass is 16.6. The third kappa shape index (κ3) is 15.9. The minimum Gasteiger partial charge on any atom is -0.376 e. The maximum atomic E-state index is 11.6. The zero-order valence-electron chi connectivity index (χ0n) is 16.3. The average Bonchev–Trinajstić information content (AvgIpc) is 2.57. The van der Waals surface area contributed by atoms with Gasteiger partial charge in [0, 0.05) is 0 Å². The van der Waals surface area contributed by atoms with Crippen LogP contribution >= 0.6 is 0 Å². The van der Waals surface area contributed by atoms with Gasteiger partial charge in [-0.05, 0) is 6.42 Å². The molecule has 0 radical (unpaired) electrons. The van der Waals surface area contributed by atoms with Crippen LogP contribution in [0.1, 0.15) is 103 Å². The van der Waals surface area contributed by atoms with Crippen molar-refractivity contribution in [3.8, 4) is 0 Å². The number of amides is 1. The van der Waals surface area contributed by atoms with Crippen molar-refractivity contribution in [2.24, 2.45) is 11.7 Å². The Morgan fingerprint density at radius 3 is 1.60 bits per heavy atom. The van der Waals surface area contributed by atoms with E-state index in [0.717, 1.165) is 12.8 Å². The Kier molecular flexibility index (Phi) is 16.6. The van der Waals surface area contributed by atoms with Crippen molar-refractivity contribution in [3.05, 3.63) is 12.7 Å². The van der Waals surface area contributed by atoms with Crippen LogP contribution < -0.4 is 5.73 Å². The molecule has 0 aliphatic carbocycles. The van der Waals surface area contributed by atoms with Crippen LogP contribution in [-0.2, 0) is 9.53 Å². The lowest BCUT2D eigenvalue weighted by atomic mass is 10.00. The van der Waals surface area contributed by atoms with Crippen LogP contribution in [-0.4, -0.2) is 12.1 Å². The molecule has 4 heteroatoms. The molecule has 1 unspecified atom stereocenters. The first-order valence-corrected chi connectivity index (χ1v) is 10.3. The maximum Gasteiger partial charge on any atom is 0.412 e. The van der Waals surface area contributed by atoms with Crippen molar-refractivity contribution in [1.82, 2.24) is 0 Å². The number of rotatable bonds is 17. The fourth-order valence-corrected chi connectivity index (χ4v) is 3.07. The third-order valence-electron chi connectivity index (χ3n) is 4.66. The van der Waals surface area contributed by atoms with Crippen LogP contribution in [0.2, 0.25) is 0 Å². The Morgan fingerprint density at radius 1 is 0.840 bits per heavy atom. The molecule has 146 valence electrons. The lowest BCUT2D eigenvalue weighted by Crippen LogP contribution is -2.23. The van der Waals surface area contributed by atoms with Crippen molar-refractivity contribution < 1.29 is 14.3 Å². The largest absolute Gasteiger partial charge is 0.412 e. The second kappa shape index (κ2) is 17.5. The monoisotopic (exact) mass is 353 g/mol. The third-order valence-corrected chi connectivity index (χ3v) is 4.66. The van der Waals surface area contributed by atoms with Gasteiger partial charge in [-0.25, -0.2) is 4.79 Å². The van der Waals surface area contributed by atoms with E-state index in [1.807, 2.05) is 0 Å². The number of hydrogen-bond donors (Lipinski definition) is 1. The second-order valence-corrected chi connectivity index (χ2v) is 6.97. The van der Waals surface area contributed by atoms with E-state index >= 15 is 0 Å². The summed E-state index contributed by atoms with van der Waals surface area (Å²) >= 11 is 0. The van der Waals surface area contributed by atoms with Crippen LogP contribution in [0.4, 0.5) is 4.79 Å². The van der Waals surface area contributed by atoms with E-state index in [0.29, 0.717) is 6.42 Å². The van der Waals surface area contributed by atoms with E-state index < -0.39 is 18.0 Å². The van der Waals surface area contributed by atoms with Crippen LogP contribution in [0.25, 0.3) is 0 Å². The van der Waals surface area contributed by atoms with Crippen molar-refractivity contribution in [1.29, 1.82) is 0 Å². The summed E-state index contributed by atoms with van der Waals surface area (Å²) in [5, 5.41) is 0. The SMILES string of the molecule is C=CC(CCCCCCCCCCCCCCCC)C(=O)OC(N)=O. The number of primary amides is 1. The predicted octanol–water partition coefficient (Wildman–Crippen LogP) is 6.28. The smallest absolute Gasteiger partial charge is 0.376 e. The minimum atomic E-state index is -1.04. The molecule has 0 aromatic heterocycles. The topological polar surface area (TPSA) is 69.4 Å². The number of esters is 1. The molecule has 0 aliphatic heterocycles. The molecule has 0 bridgehead atoms. The van der Waals surface area contributed by atoms with Gasteiger partial charge in [0.2, 0.25) is 0 Å². The standard InChI is InChI=1S/C21H39NO3/c1-3-5-6-7-8-9-10-11-12-13-14-15-16-17-18-19(4-2)20(23)25-21(22)24/h4,19H,2-3,5-18H2,1H3,(H2,22,24). The lowest BCUT2D eigenvalue weighted by molar-refractivity contribution is -0.140.